The van der Waals surface area contributed by atoms with Crippen LogP contribution in [0.15, 0.2) is 52.5 Å². The Morgan fingerprint density at radius 1 is 1.23 bits per heavy atom. The van der Waals surface area contributed by atoms with E-state index >= 15 is 0 Å². The monoisotopic (exact) mass is 317 g/mol. The molecule has 4 nitrogen and oxygen atoms in total. The summed E-state index contributed by atoms with van der Waals surface area (Å²) in [6, 6.07) is 9.01. The molecule has 1 aromatic carbocycles. The van der Waals surface area contributed by atoms with Crippen LogP contribution in [0.4, 0.5) is 5.69 Å². The largest absolute Gasteiger partial charge is 0.448 e. The summed E-state index contributed by atoms with van der Waals surface area (Å²) in [5, 5.41) is -0.0349. The Kier molecular flexibility index (Phi) is 3.83. The predicted octanol–water partition coefficient (Wildman–Crippen LogP) is 3.46. The van der Waals surface area contributed by atoms with Gasteiger partial charge in [-0.05, 0) is 61.6 Å². The molecule has 2 aromatic rings. The Labute approximate surface area is 131 Å². The standard InChI is InChI=1S/C17H19NO3S/c1-3-11-18(22(19,20)17-10-7-13(2)21-17)16-9-8-14-5-4-6-15(14)12-16/h3,7-10,12H,1,4-6,11H2,2H3. The van der Waals surface area contributed by atoms with E-state index < -0.39 is 10.0 Å². The Morgan fingerprint density at radius 2 is 2.00 bits per heavy atom. The van der Waals surface area contributed by atoms with Gasteiger partial charge >= 0.3 is 0 Å². The molecule has 1 heterocycles. The fourth-order valence-corrected chi connectivity index (χ4v) is 4.22. The van der Waals surface area contributed by atoms with Crippen molar-refractivity contribution in [1.29, 1.82) is 0 Å². The predicted molar refractivity (Wildman–Crippen MR) is 86.6 cm³/mol. The van der Waals surface area contributed by atoms with Crippen molar-refractivity contribution in [1.82, 2.24) is 0 Å². The van der Waals surface area contributed by atoms with Gasteiger partial charge in [-0.2, -0.15) is 8.42 Å². The first-order valence-corrected chi connectivity index (χ1v) is 8.78. The highest BCUT2D eigenvalue weighted by Crippen LogP contribution is 2.30. The van der Waals surface area contributed by atoms with Crippen LogP contribution in [-0.2, 0) is 22.9 Å². The number of aryl methyl sites for hydroxylation is 3. The Balaban J connectivity index is 2.04. The van der Waals surface area contributed by atoms with Crippen molar-refractivity contribution in [2.24, 2.45) is 0 Å². The van der Waals surface area contributed by atoms with Crippen molar-refractivity contribution in [3.63, 3.8) is 0 Å². The van der Waals surface area contributed by atoms with Crippen molar-refractivity contribution < 1.29 is 12.8 Å². The summed E-state index contributed by atoms with van der Waals surface area (Å²) in [5.74, 6) is 0.575. The van der Waals surface area contributed by atoms with Gasteiger partial charge in [0, 0.05) is 0 Å². The van der Waals surface area contributed by atoms with Crippen LogP contribution >= 0.6 is 0 Å². The summed E-state index contributed by atoms with van der Waals surface area (Å²) in [4.78, 5) is 0. The molecule has 1 aliphatic rings. The van der Waals surface area contributed by atoms with Gasteiger partial charge in [0.25, 0.3) is 10.0 Å². The van der Waals surface area contributed by atoms with Gasteiger partial charge in [-0.15, -0.1) is 6.58 Å². The molecule has 5 heteroatoms. The van der Waals surface area contributed by atoms with E-state index in [1.54, 1.807) is 19.1 Å². The van der Waals surface area contributed by atoms with Gasteiger partial charge < -0.3 is 4.42 Å². The second-order valence-corrected chi connectivity index (χ2v) is 7.29. The van der Waals surface area contributed by atoms with E-state index in [9.17, 15) is 8.42 Å². The van der Waals surface area contributed by atoms with Crippen LogP contribution < -0.4 is 4.31 Å². The summed E-state index contributed by atoms with van der Waals surface area (Å²) < 4.78 is 32.3. The van der Waals surface area contributed by atoms with Gasteiger partial charge in [0.2, 0.25) is 5.09 Å². The Hall–Kier alpha value is -2.01. The molecule has 0 fully saturated rings. The van der Waals surface area contributed by atoms with E-state index in [0.29, 0.717) is 11.4 Å². The molecule has 0 unspecified atom stereocenters. The first kappa shape index (κ1) is 14.9. The molecular weight excluding hydrogens is 298 g/mol. The topological polar surface area (TPSA) is 50.5 Å². The zero-order valence-corrected chi connectivity index (χ0v) is 13.4. The summed E-state index contributed by atoms with van der Waals surface area (Å²) in [6.45, 7) is 5.61. The smallest absolute Gasteiger partial charge is 0.298 e. The van der Waals surface area contributed by atoms with Crippen LogP contribution in [0, 0.1) is 6.92 Å². The lowest BCUT2D eigenvalue weighted by Gasteiger charge is -2.22. The molecule has 1 aliphatic carbocycles. The summed E-state index contributed by atoms with van der Waals surface area (Å²) in [6.07, 6.45) is 4.79. The molecule has 0 spiro atoms. The lowest BCUT2D eigenvalue weighted by molar-refractivity contribution is 0.428. The first-order chi connectivity index (χ1) is 10.5. The summed E-state index contributed by atoms with van der Waals surface area (Å²) in [5.41, 5.74) is 3.21. The van der Waals surface area contributed by atoms with Crippen molar-refractivity contribution in [2.45, 2.75) is 31.3 Å². The number of furan rings is 1. The van der Waals surface area contributed by atoms with Gasteiger partial charge in [0.05, 0.1) is 12.2 Å². The number of anilines is 1. The number of benzene rings is 1. The zero-order chi connectivity index (χ0) is 15.7. The van der Waals surface area contributed by atoms with Gasteiger partial charge in [0.1, 0.15) is 5.76 Å². The molecule has 0 atom stereocenters. The molecule has 1 aromatic heterocycles. The molecule has 0 amide bonds. The highest BCUT2D eigenvalue weighted by molar-refractivity contribution is 7.92. The van der Waals surface area contributed by atoms with Crippen molar-refractivity contribution in [3.8, 4) is 0 Å². The Morgan fingerprint density at radius 3 is 2.68 bits per heavy atom. The van der Waals surface area contributed by atoms with Crippen LogP contribution in [0.5, 0.6) is 0 Å². The van der Waals surface area contributed by atoms with E-state index in [4.69, 9.17) is 4.42 Å². The number of hydrogen-bond donors (Lipinski definition) is 0. The minimum absolute atomic E-state index is 0.0349. The van der Waals surface area contributed by atoms with Gasteiger partial charge in [-0.1, -0.05) is 12.1 Å². The van der Waals surface area contributed by atoms with Crippen molar-refractivity contribution >= 4 is 15.7 Å². The van der Waals surface area contributed by atoms with Gasteiger partial charge in [-0.3, -0.25) is 4.31 Å². The van der Waals surface area contributed by atoms with E-state index in [-0.39, 0.29) is 11.6 Å². The lowest BCUT2D eigenvalue weighted by Crippen LogP contribution is -2.31. The third-order valence-electron chi connectivity index (χ3n) is 3.93. The van der Waals surface area contributed by atoms with E-state index in [2.05, 4.69) is 6.58 Å². The van der Waals surface area contributed by atoms with Crippen LogP contribution in [0.1, 0.15) is 23.3 Å². The molecule has 116 valence electrons. The number of rotatable bonds is 5. The normalized spacial score (nSPS) is 13.9. The summed E-state index contributed by atoms with van der Waals surface area (Å²) in [7, 11) is -3.72. The lowest BCUT2D eigenvalue weighted by atomic mass is 10.1. The molecule has 0 radical (unpaired) electrons. The molecule has 0 aliphatic heterocycles. The molecule has 0 bridgehead atoms. The number of fused-ring (bicyclic) bond motifs is 1. The Bertz CT molecular complexity index is 805. The van der Waals surface area contributed by atoms with E-state index in [1.807, 2.05) is 18.2 Å². The minimum atomic E-state index is -3.72. The maximum atomic E-state index is 12.8. The number of sulfonamides is 1. The molecule has 0 saturated heterocycles. The second-order valence-electron chi connectivity index (χ2n) is 5.50. The molecule has 0 saturated carbocycles. The summed E-state index contributed by atoms with van der Waals surface area (Å²) >= 11 is 0. The minimum Gasteiger partial charge on any atom is -0.448 e. The molecule has 22 heavy (non-hydrogen) atoms. The van der Waals surface area contributed by atoms with Crippen molar-refractivity contribution in [3.05, 3.63) is 59.9 Å². The van der Waals surface area contributed by atoms with Crippen LogP contribution in [0.2, 0.25) is 0 Å². The van der Waals surface area contributed by atoms with Crippen LogP contribution in [0.25, 0.3) is 0 Å². The van der Waals surface area contributed by atoms with Crippen LogP contribution in [-0.4, -0.2) is 15.0 Å². The fraction of sp³-hybridized carbons (Fsp3) is 0.294. The van der Waals surface area contributed by atoms with Gasteiger partial charge in [0.15, 0.2) is 0 Å². The van der Waals surface area contributed by atoms with Crippen molar-refractivity contribution in [2.75, 3.05) is 10.8 Å². The van der Waals surface area contributed by atoms with E-state index in [1.165, 1.54) is 21.5 Å². The SMILES string of the molecule is C=CCN(c1ccc2c(c1)CCC2)S(=O)(=O)c1ccc(C)o1. The third kappa shape index (κ3) is 2.57. The number of hydrogen-bond acceptors (Lipinski definition) is 3. The maximum Gasteiger partial charge on any atom is 0.298 e. The third-order valence-corrected chi connectivity index (χ3v) is 5.59. The van der Waals surface area contributed by atoms with Gasteiger partial charge in [-0.25, -0.2) is 0 Å². The zero-order valence-electron chi connectivity index (χ0n) is 12.6. The molecule has 0 N–H and O–H groups in total. The molecule has 3 rings (SSSR count). The maximum absolute atomic E-state index is 12.8. The highest BCUT2D eigenvalue weighted by atomic mass is 32.2. The number of nitrogens with zero attached hydrogens (tertiary/aromatic N) is 1. The second kappa shape index (κ2) is 5.65. The average Bonchev–Trinajstić information content (AvgIpc) is 3.12. The first-order valence-electron chi connectivity index (χ1n) is 7.34. The highest BCUT2D eigenvalue weighted by Gasteiger charge is 2.28. The van der Waals surface area contributed by atoms with E-state index in [0.717, 1.165) is 19.3 Å². The fourth-order valence-electron chi connectivity index (χ4n) is 2.83. The average molecular weight is 317 g/mol. The molecular formula is C17H19NO3S. The quantitative estimate of drug-likeness (QED) is 0.794. The van der Waals surface area contributed by atoms with Crippen LogP contribution in [0.3, 0.4) is 0 Å².